The van der Waals surface area contributed by atoms with Crippen molar-refractivity contribution in [3.05, 3.63) is 23.5 Å². The number of hydrogen-bond acceptors (Lipinski definition) is 5. The van der Waals surface area contributed by atoms with Crippen LogP contribution in [-0.4, -0.2) is 22.6 Å². The molecule has 3 heterocycles. The van der Waals surface area contributed by atoms with E-state index in [0.717, 1.165) is 23.4 Å². The van der Waals surface area contributed by atoms with Crippen molar-refractivity contribution in [3.63, 3.8) is 0 Å². The van der Waals surface area contributed by atoms with Gasteiger partial charge in [0.05, 0.1) is 22.5 Å². The first-order chi connectivity index (χ1) is 7.86. The van der Waals surface area contributed by atoms with E-state index in [4.69, 9.17) is 10.5 Å². The summed E-state index contributed by atoms with van der Waals surface area (Å²) in [7, 11) is 0. The molecule has 2 aromatic heterocycles. The maximum atomic E-state index is 5.83. The highest BCUT2D eigenvalue weighted by Crippen LogP contribution is 2.36. The fraction of sp³-hybridized carbons (Fsp3) is 0.455. The van der Waals surface area contributed by atoms with Crippen LogP contribution in [-0.2, 0) is 4.74 Å². The maximum Gasteiger partial charge on any atom is 0.123 e. The van der Waals surface area contributed by atoms with Gasteiger partial charge in [0.1, 0.15) is 11.1 Å². The number of ether oxygens (including phenoxy) is 1. The average Bonchev–Trinajstić information content (AvgIpc) is 2.95. The summed E-state index contributed by atoms with van der Waals surface area (Å²) in [6, 6.07) is 1.99. The molecular formula is C11H13N3OS. The summed E-state index contributed by atoms with van der Waals surface area (Å²) in [4.78, 5) is 8.62. The Morgan fingerprint density at radius 3 is 3.19 bits per heavy atom. The molecular weight excluding hydrogens is 222 g/mol. The molecule has 1 saturated heterocycles. The lowest BCUT2D eigenvalue weighted by atomic mass is 10.2. The van der Waals surface area contributed by atoms with Gasteiger partial charge < -0.3 is 10.5 Å². The van der Waals surface area contributed by atoms with E-state index in [2.05, 4.69) is 9.97 Å². The monoisotopic (exact) mass is 235 g/mol. The number of nitrogens with zero attached hydrogens (tertiary/aromatic N) is 2. The van der Waals surface area contributed by atoms with E-state index < -0.39 is 0 Å². The van der Waals surface area contributed by atoms with Crippen LogP contribution in [0.25, 0.3) is 10.2 Å². The van der Waals surface area contributed by atoms with Crippen molar-refractivity contribution in [1.82, 2.24) is 9.97 Å². The molecule has 0 aliphatic carbocycles. The van der Waals surface area contributed by atoms with E-state index in [9.17, 15) is 0 Å². The predicted molar refractivity (Wildman–Crippen MR) is 63.3 cm³/mol. The highest BCUT2D eigenvalue weighted by atomic mass is 32.1. The first-order valence-corrected chi connectivity index (χ1v) is 6.24. The number of pyridine rings is 1. The Morgan fingerprint density at radius 2 is 2.44 bits per heavy atom. The predicted octanol–water partition coefficient (Wildman–Crippen LogP) is 1.87. The zero-order chi connectivity index (χ0) is 11.0. The first kappa shape index (κ1) is 10.1. The van der Waals surface area contributed by atoms with Gasteiger partial charge in [0.2, 0.25) is 0 Å². The Labute approximate surface area is 97.5 Å². The minimum Gasteiger partial charge on any atom is -0.366 e. The quantitative estimate of drug-likeness (QED) is 0.863. The van der Waals surface area contributed by atoms with Crippen LogP contribution in [0.3, 0.4) is 0 Å². The van der Waals surface area contributed by atoms with Crippen LogP contribution in [0, 0.1) is 0 Å². The van der Waals surface area contributed by atoms with E-state index in [1.54, 1.807) is 23.7 Å². The number of hydrogen-bond donors (Lipinski definition) is 1. The van der Waals surface area contributed by atoms with Gasteiger partial charge in [-0.2, -0.15) is 0 Å². The van der Waals surface area contributed by atoms with Crippen molar-refractivity contribution >= 4 is 21.6 Å². The van der Waals surface area contributed by atoms with Gasteiger partial charge in [0.25, 0.3) is 0 Å². The average molecular weight is 235 g/mol. The van der Waals surface area contributed by atoms with Crippen molar-refractivity contribution in [2.75, 3.05) is 6.54 Å². The second-order valence-corrected chi connectivity index (χ2v) is 5.02. The lowest BCUT2D eigenvalue weighted by Gasteiger charge is -2.08. The Morgan fingerprint density at radius 1 is 1.50 bits per heavy atom. The zero-order valence-corrected chi connectivity index (χ0v) is 9.61. The largest absolute Gasteiger partial charge is 0.366 e. The number of nitrogens with two attached hydrogens (primary N) is 1. The molecule has 0 spiro atoms. The second kappa shape index (κ2) is 4.08. The van der Waals surface area contributed by atoms with Crippen molar-refractivity contribution in [2.24, 2.45) is 5.73 Å². The fourth-order valence-electron chi connectivity index (χ4n) is 2.00. The minimum atomic E-state index is 0.131. The smallest absolute Gasteiger partial charge is 0.123 e. The van der Waals surface area contributed by atoms with E-state index in [0.29, 0.717) is 6.54 Å². The molecule has 4 nitrogen and oxygen atoms in total. The number of thiazole rings is 1. The molecule has 0 bridgehead atoms. The molecule has 16 heavy (non-hydrogen) atoms. The molecule has 1 aliphatic heterocycles. The summed E-state index contributed by atoms with van der Waals surface area (Å²) < 4.78 is 7.00. The normalized spacial score (nSPS) is 25.3. The number of rotatable bonds is 2. The van der Waals surface area contributed by atoms with Gasteiger partial charge in [-0.05, 0) is 18.9 Å². The third kappa shape index (κ3) is 1.71. The molecule has 1 fully saturated rings. The summed E-state index contributed by atoms with van der Waals surface area (Å²) in [5.74, 6) is 0. The molecule has 2 unspecified atom stereocenters. The van der Waals surface area contributed by atoms with Crippen molar-refractivity contribution in [2.45, 2.75) is 25.0 Å². The summed E-state index contributed by atoms with van der Waals surface area (Å²) >= 11 is 1.69. The third-order valence-corrected chi connectivity index (χ3v) is 3.98. The first-order valence-electron chi connectivity index (χ1n) is 5.43. The SMILES string of the molecule is NCC1CCC(c2nc3cnccc3s2)O1. The lowest BCUT2D eigenvalue weighted by Crippen LogP contribution is -2.18. The summed E-state index contributed by atoms with van der Waals surface area (Å²) in [6.07, 6.45) is 5.98. The van der Waals surface area contributed by atoms with E-state index >= 15 is 0 Å². The molecule has 0 saturated carbocycles. The molecule has 2 atom stereocenters. The van der Waals surface area contributed by atoms with E-state index in [-0.39, 0.29) is 12.2 Å². The Bertz CT molecular complexity index is 466. The topological polar surface area (TPSA) is 61.0 Å². The van der Waals surface area contributed by atoms with Gasteiger partial charge in [0, 0.05) is 12.7 Å². The summed E-state index contributed by atoms with van der Waals surface area (Å²) in [5.41, 5.74) is 6.56. The molecule has 3 rings (SSSR count). The lowest BCUT2D eigenvalue weighted by molar-refractivity contribution is 0.0498. The molecule has 84 valence electrons. The standard InChI is InChI=1S/C11H13N3OS/c12-5-7-1-2-9(15-7)11-14-8-6-13-4-3-10(8)16-11/h3-4,6-7,9H,1-2,5,12H2. The highest BCUT2D eigenvalue weighted by molar-refractivity contribution is 7.18. The Hall–Kier alpha value is -1.04. The highest BCUT2D eigenvalue weighted by Gasteiger charge is 2.27. The molecule has 2 N–H and O–H groups in total. The van der Waals surface area contributed by atoms with Gasteiger partial charge in [-0.3, -0.25) is 4.98 Å². The van der Waals surface area contributed by atoms with Gasteiger partial charge in [-0.1, -0.05) is 0 Å². The fourth-order valence-corrected chi connectivity index (χ4v) is 3.00. The van der Waals surface area contributed by atoms with Crippen molar-refractivity contribution in [1.29, 1.82) is 0 Å². The van der Waals surface area contributed by atoms with E-state index in [1.165, 1.54) is 4.70 Å². The van der Waals surface area contributed by atoms with Crippen molar-refractivity contribution < 1.29 is 4.74 Å². The van der Waals surface area contributed by atoms with Crippen LogP contribution in [0.4, 0.5) is 0 Å². The number of aromatic nitrogens is 2. The van der Waals surface area contributed by atoms with Crippen LogP contribution in [0.1, 0.15) is 24.0 Å². The van der Waals surface area contributed by atoms with Gasteiger partial charge in [-0.25, -0.2) is 4.98 Å². The number of fused-ring (bicyclic) bond motifs is 1. The van der Waals surface area contributed by atoms with Crippen LogP contribution >= 0.6 is 11.3 Å². The summed E-state index contributed by atoms with van der Waals surface area (Å²) in [6.45, 7) is 0.600. The van der Waals surface area contributed by atoms with Crippen LogP contribution < -0.4 is 5.73 Å². The second-order valence-electron chi connectivity index (χ2n) is 3.96. The molecule has 0 aromatic carbocycles. The third-order valence-electron chi connectivity index (χ3n) is 2.85. The molecule has 2 aromatic rings. The minimum absolute atomic E-state index is 0.131. The molecule has 1 aliphatic rings. The van der Waals surface area contributed by atoms with Crippen LogP contribution in [0.5, 0.6) is 0 Å². The maximum absolute atomic E-state index is 5.83. The van der Waals surface area contributed by atoms with Crippen LogP contribution in [0.15, 0.2) is 18.5 Å². The molecule has 0 radical (unpaired) electrons. The van der Waals surface area contributed by atoms with E-state index in [1.807, 2.05) is 6.07 Å². The summed E-state index contributed by atoms with van der Waals surface area (Å²) in [5, 5.41) is 1.05. The Balaban J connectivity index is 1.89. The molecule has 0 amide bonds. The van der Waals surface area contributed by atoms with Crippen molar-refractivity contribution in [3.8, 4) is 0 Å². The van der Waals surface area contributed by atoms with Gasteiger partial charge in [-0.15, -0.1) is 11.3 Å². The van der Waals surface area contributed by atoms with Gasteiger partial charge >= 0.3 is 0 Å². The zero-order valence-electron chi connectivity index (χ0n) is 8.80. The van der Waals surface area contributed by atoms with Gasteiger partial charge in [0.15, 0.2) is 0 Å². The molecule has 5 heteroatoms. The Kier molecular flexibility index (Phi) is 2.59. The van der Waals surface area contributed by atoms with Crippen LogP contribution in [0.2, 0.25) is 0 Å².